The van der Waals surface area contributed by atoms with Crippen LogP contribution < -0.4 is 0 Å². The molecule has 0 unspecified atom stereocenters. The Morgan fingerprint density at radius 2 is 1.86 bits per heavy atom. The van der Waals surface area contributed by atoms with Gasteiger partial charge >= 0.3 is 0 Å². The zero-order valence-electron chi connectivity index (χ0n) is 12.6. The van der Waals surface area contributed by atoms with E-state index in [4.69, 9.17) is 0 Å². The Labute approximate surface area is 129 Å². The van der Waals surface area contributed by atoms with Gasteiger partial charge in [0.2, 0.25) is 11.8 Å². The van der Waals surface area contributed by atoms with Crippen molar-refractivity contribution in [2.45, 2.75) is 25.7 Å². The zero-order valence-corrected chi connectivity index (χ0v) is 12.6. The highest BCUT2D eigenvalue weighted by atomic mass is 19.1. The highest BCUT2D eigenvalue weighted by Gasteiger charge is 2.36. The van der Waals surface area contributed by atoms with Crippen LogP contribution in [0, 0.1) is 11.7 Å². The van der Waals surface area contributed by atoms with Gasteiger partial charge < -0.3 is 9.80 Å². The van der Waals surface area contributed by atoms with Crippen LogP contribution in [-0.4, -0.2) is 47.8 Å². The van der Waals surface area contributed by atoms with E-state index in [2.05, 4.69) is 0 Å². The molecule has 5 heteroatoms. The first-order valence-electron chi connectivity index (χ1n) is 7.94. The smallest absolute Gasteiger partial charge is 0.227 e. The fourth-order valence-electron chi connectivity index (χ4n) is 3.26. The number of likely N-dealkylation sites (tertiary alicyclic amines) is 2. The minimum Gasteiger partial charge on any atom is -0.342 e. The third-order valence-corrected chi connectivity index (χ3v) is 4.57. The summed E-state index contributed by atoms with van der Waals surface area (Å²) in [5.74, 6) is -0.245. The monoisotopic (exact) mass is 304 g/mol. The Balaban J connectivity index is 1.53. The molecular weight excluding hydrogens is 283 g/mol. The second-order valence-corrected chi connectivity index (χ2v) is 6.15. The van der Waals surface area contributed by atoms with Gasteiger partial charge in [0.1, 0.15) is 5.82 Å². The van der Waals surface area contributed by atoms with Crippen LogP contribution in [0.1, 0.15) is 24.8 Å². The fraction of sp³-hybridized carbons (Fsp3) is 0.529. The molecular formula is C17H21FN2O2. The van der Waals surface area contributed by atoms with E-state index in [9.17, 15) is 14.0 Å². The molecule has 0 aromatic heterocycles. The van der Waals surface area contributed by atoms with Crippen molar-refractivity contribution in [2.24, 2.45) is 5.92 Å². The first kappa shape index (κ1) is 15.0. The number of rotatable bonds is 4. The van der Waals surface area contributed by atoms with Crippen LogP contribution >= 0.6 is 0 Å². The lowest BCUT2D eigenvalue weighted by Crippen LogP contribution is -2.35. The summed E-state index contributed by atoms with van der Waals surface area (Å²) >= 11 is 0. The highest BCUT2D eigenvalue weighted by molar-refractivity contribution is 5.89. The molecule has 22 heavy (non-hydrogen) atoms. The third kappa shape index (κ3) is 3.29. The summed E-state index contributed by atoms with van der Waals surface area (Å²) in [6.07, 6.45) is 3.16. The van der Waals surface area contributed by atoms with Crippen molar-refractivity contribution in [1.82, 2.24) is 9.80 Å². The maximum atomic E-state index is 12.9. The summed E-state index contributed by atoms with van der Waals surface area (Å²) in [5.41, 5.74) is 1.00. The highest BCUT2D eigenvalue weighted by Crippen LogP contribution is 2.22. The summed E-state index contributed by atoms with van der Waals surface area (Å²) in [7, 11) is 0. The van der Waals surface area contributed by atoms with Crippen molar-refractivity contribution >= 4 is 11.8 Å². The van der Waals surface area contributed by atoms with E-state index in [1.54, 1.807) is 17.0 Å². The Morgan fingerprint density at radius 1 is 1.18 bits per heavy atom. The number of hydrogen-bond acceptors (Lipinski definition) is 2. The second-order valence-electron chi connectivity index (χ2n) is 6.15. The van der Waals surface area contributed by atoms with E-state index >= 15 is 0 Å². The summed E-state index contributed by atoms with van der Waals surface area (Å²) < 4.78 is 12.9. The predicted molar refractivity (Wildman–Crippen MR) is 80.6 cm³/mol. The van der Waals surface area contributed by atoms with Crippen LogP contribution in [-0.2, 0) is 16.0 Å². The number of halogens is 1. The average Bonchev–Trinajstić information content (AvgIpc) is 3.16. The van der Waals surface area contributed by atoms with Gasteiger partial charge in [-0.25, -0.2) is 4.39 Å². The molecule has 2 heterocycles. The van der Waals surface area contributed by atoms with Crippen LogP contribution in [0.3, 0.4) is 0 Å². The number of carbonyl (C=O) groups excluding carboxylic acids is 2. The van der Waals surface area contributed by atoms with Gasteiger partial charge in [0.25, 0.3) is 0 Å². The van der Waals surface area contributed by atoms with Gasteiger partial charge in [-0.3, -0.25) is 9.59 Å². The first-order valence-corrected chi connectivity index (χ1v) is 7.94. The van der Waals surface area contributed by atoms with Gasteiger partial charge in [0.15, 0.2) is 0 Å². The Kier molecular flexibility index (Phi) is 4.41. The predicted octanol–water partition coefficient (Wildman–Crippen LogP) is 1.84. The summed E-state index contributed by atoms with van der Waals surface area (Å²) in [4.78, 5) is 28.1. The minimum absolute atomic E-state index is 0.0552. The zero-order chi connectivity index (χ0) is 15.5. The van der Waals surface area contributed by atoms with Gasteiger partial charge in [-0.05, 0) is 37.0 Å². The van der Waals surface area contributed by atoms with Gasteiger partial charge in [0.05, 0.1) is 5.92 Å². The number of amides is 2. The molecule has 118 valence electrons. The summed E-state index contributed by atoms with van der Waals surface area (Å²) in [6.45, 7) is 2.78. The Morgan fingerprint density at radius 3 is 2.55 bits per heavy atom. The van der Waals surface area contributed by atoms with Gasteiger partial charge in [-0.1, -0.05) is 12.1 Å². The van der Waals surface area contributed by atoms with E-state index in [0.29, 0.717) is 25.9 Å². The lowest BCUT2D eigenvalue weighted by Gasteiger charge is -2.20. The van der Waals surface area contributed by atoms with E-state index in [-0.39, 0.29) is 23.5 Å². The molecule has 4 nitrogen and oxygen atoms in total. The first-order chi connectivity index (χ1) is 10.6. The number of hydrogen-bond donors (Lipinski definition) is 0. The van der Waals surface area contributed by atoms with Gasteiger partial charge in [0, 0.05) is 32.6 Å². The molecule has 1 aromatic rings. The molecule has 2 saturated heterocycles. The molecule has 1 aromatic carbocycles. The molecule has 2 amide bonds. The van der Waals surface area contributed by atoms with Crippen LogP contribution in [0.15, 0.2) is 24.3 Å². The van der Waals surface area contributed by atoms with Gasteiger partial charge in [-0.15, -0.1) is 0 Å². The van der Waals surface area contributed by atoms with Crippen molar-refractivity contribution in [3.05, 3.63) is 35.6 Å². The number of carbonyl (C=O) groups is 2. The van der Waals surface area contributed by atoms with Crippen molar-refractivity contribution < 1.29 is 14.0 Å². The third-order valence-electron chi connectivity index (χ3n) is 4.57. The number of nitrogens with zero attached hydrogens (tertiary/aromatic N) is 2. The number of benzene rings is 1. The molecule has 0 saturated carbocycles. The normalized spacial score (nSPS) is 21.7. The maximum absolute atomic E-state index is 12.9. The molecule has 1 atom stereocenters. The molecule has 0 radical (unpaired) electrons. The lowest BCUT2D eigenvalue weighted by atomic mass is 10.1. The fourth-order valence-corrected chi connectivity index (χ4v) is 3.26. The van der Waals surface area contributed by atoms with E-state index in [1.807, 2.05) is 4.90 Å². The quantitative estimate of drug-likeness (QED) is 0.851. The summed E-state index contributed by atoms with van der Waals surface area (Å²) in [6, 6.07) is 6.34. The molecule has 0 N–H and O–H groups in total. The van der Waals surface area contributed by atoms with E-state index < -0.39 is 0 Å². The SMILES string of the molecule is O=C1C[C@@H](C(=O)N2CCCC2)CN1CCc1ccc(F)cc1. The Bertz CT molecular complexity index is 552. The van der Waals surface area contributed by atoms with Crippen molar-refractivity contribution in [2.75, 3.05) is 26.2 Å². The van der Waals surface area contributed by atoms with Crippen LogP contribution in [0.5, 0.6) is 0 Å². The largest absolute Gasteiger partial charge is 0.342 e. The second kappa shape index (κ2) is 6.46. The molecule has 3 rings (SSSR count). The van der Waals surface area contributed by atoms with Crippen molar-refractivity contribution in [3.8, 4) is 0 Å². The van der Waals surface area contributed by atoms with Crippen LogP contribution in [0.4, 0.5) is 4.39 Å². The lowest BCUT2D eigenvalue weighted by molar-refractivity contribution is -0.134. The van der Waals surface area contributed by atoms with Crippen LogP contribution in [0.2, 0.25) is 0 Å². The van der Waals surface area contributed by atoms with E-state index in [0.717, 1.165) is 31.5 Å². The Hall–Kier alpha value is -1.91. The van der Waals surface area contributed by atoms with E-state index in [1.165, 1.54) is 12.1 Å². The molecule has 2 fully saturated rings. The topological polar surface area (TPSA) is 40.6 Å². The van der Waals surface area contributed by atoms with Crippen LogP contribution in [0.25, 0.3) is 0 Å². The molecule has 2 aliphatic heterocycles. The summed E-state index contributed by atoms with van der Waals surface area (Å²) in [5, 5.41) is 0. The molecule has 0 bridgehead atoms. The maximum Gasteiger partial charge on any atom is 0.227 e. The van der Waals surface area contributed by atoms with Crippen molar-refractivity contribution in [1.29, 1.82) is 0 Å². The van der Waals surface area contributed by atoms with Crippen molar-refractivity contribution in [3.63, 3.8) is 0 Å². The minimum atomic E-state index is -0.253. The molecule has 0 aliphatic carbocycles. The average molecular weight is 304 g/mol. The molecule has 2 aliphatic rings. The van der Waals surface area contributed by atoms with Gasteiger partial charge in [-0.2, -0.15) is 0 Å². The standard InChI is InChI=1S/C17H21FN2O2/c18-15-5-3-13(4-6-15)7-10-20-12-14(11-16(20)21)17(22)19-8-1-2-9-19/h3-6,14H,1-2,7-12H2/t14-/m1/s1. The molecule has 0 spiro atoms.